The second-order valence-corrected chi connectivity index (χ2v) is 5.86. The van der Waals surface area contributed by atoms with Gasteiger partial charge >= 0.3 is 5.69 Å². The van der Waals surface area contributed by atoms with E-state index in [9.17, 15) is 19.2 Å². The summed E-state index contributed by atoms with van der Waals surface area (Å²) >= 11 is 0. The zero-order valence-electron chi connectivity index (χ0n) is 14.4. The van der Waals surface area contributed by atoms with E-state index in [1.807, 2.05) is 0 Å². The van der Waals surface area contributed by atoms with Gasteiger partial charge in [-0.3, -0.25) is 23.5 Å². The number of pyridine rings is 1. The molecule has 2 aromatic heterocycles. The largest absolute Gasteiger partial charge is 0.332 e. The van der Waals surface area contributed by atoms with Crippen LogP contribution in [-0.4, -0.2) is 25.8 Å². The third-order valence-corrected chi connectivity index (χ3v) is 4.08. The molecule has 8 heteroatoms. The molecule has 0 bridgehead atoms. The number of nitrogens with zero attached hydrogens (tertiary/aromatic N) is 3. The molecule has 3 rings (SSSR count). The maximum atomic E-state index is 12.4. The monoisotopic (exact) mass is 352 g/mol. The molecule has 1 amide bonds. The highest BCUT2D eigenvalue weighted by molar-refractivity contribution is 6.04. The highest BCUT2D eigenvalue weighted by Gasteiger charge is 2.14. The molecule has 0 saturated carbocycles. The number of aromatic nitrogens is 3. The van der Waals surface area contributed by atoms with Crippen LogP contribution in [0.2, 0.25) is 0 Å². The molecule has 0 radical (unpaired) electrons. The normalized spacial score (nSPS) is 10.7. The summed E-state index contributed by atoms with van der Waals surface area (Å²) in [6.45, 7) is 1.46. The summed E-state index contributed by atoms with van der Waals surface area (Å²) in [5, 5.41) is 2.91. The van der Waals surface area contributed by atoms with E-state index in [0.29, 0.717) is 11.3 Å². The third-order valence-electron chi connectivity index (χ3n) is 4.08. The van der Waals surface area contributed by atoms with Gasteiger partial charge in [-0.1, -0.05) is 0 Å². The molecule has 8 nitrogen and oxygen atoms in total. The van der Waals surface area contributed by atoms with E-state index < -0.39 is 17.2 Å². The Morgan fingerprint density at radius 3 is 2.23 bits per heavy atom. The SMILES string of the molecule is CC(=O)c1ccc(NC(=O)c2ccc3c(=O)n(C)c(=O)n(C)c3n2)cc1. The number of anilines is 1. The van der Waals surface area contributed by atoms with Crippen molar-refractivity contribution in [1.82, 2.24) is 14.1 Å². The fraction of sp³-hybridized carbons (Fsp3) is 0.167. The van der Waals surface area contributed by atoms with Crippen molar-refractivity contribution in [2.24, 2.45) is 14.1 Å². The molecule has 1 aromatic carbocycles. The van der Waals surface area contributed by atoms with Crippen molar-refractivity contribution in [3.63, 3.8) is 0 Å². The summed E-state index contributed by atoms with van der Waals surface area (Å²) in [6.07, 6.45) is 0. The maximum absolute atomic E-state index is 12.4. The summed E-state index contributed by atoms with van der Waals surface area (Å²) < 4.78 is 2.20. The minimum absolute atomic E-state index is 0.0661. The van der Waals surface area contributed by atoms with Crippen LogP contribution < -0.4 is 16.6 Å². The second kappa shape index (κ2) is 6.40. The van der Waals surface area contributed by atoms with Crippen LogP contribution in [-0.2, 0) is 14.1 Å². The van der Waals surface area contributed by atoms with E-state index >= 15 is 0 Å². The smallest absolute Gasteiger partial charge is 0.321 e. The molecule has 132 valence electrons. The Kier molecular flexibility index (Phi) is 4.25. The second-order valence-electron chi connectivity index (χ2n) is 5.86. The first kappa shape index (κ1) is 17.3. The molecular formula is C18H16N4O4. The molecule has 26 heavy (non-hydrogen) atoms. The van der Waals surface area contributed by atoms with Crippen molar-refractivity contribution < 1.29 is 9.59 Å². The fourth-order valence-corrected chi connectivity index (χ4v) is 2.56. The minimum Gasteiger partial charge on any atom is -0.321 e. The first-order chi connectivity index (χ1) is 12.3. The van der Waals surface area contributed by atoms with Gasteiger partial charge in [0.05, 0.1) is 5.39 Å². The zero-order valence-corrected chi connectivity index (χ0v) is 14.4. The lowest BCUT2D eigenvalue weighted by Gasteiger charge is -2.09. The van der Waals surface area contributed by atoms with Crippen LogP contribution in [0.5, 0.6) is 0 Å². The predicted octanol–water partition coefficient (Wildman–Crippen LogP) is 1.09. The van der Waals surface area contributed by atoms with Gasteiger partial charge in [-0.2, -0.15) is 0 Å². The average Bonchev–Trinajstić information content (AvgIpc) is 2.64. The number of nitrogens with one attached hydrogen (secondary N) is 1. The molecule has 0 aliphatic carbocycles. The van der Waals surface area contributed by atoms with E-state index in [0.717, 1.165) is 4.57 Å². The van der Waals surface area contributed by atoms with Crippen LogP contribution in [0.1, 0.15) is 27.8 Å². The van der Waals surface area contributed by atoms with E-state index in [-0.39, 0.29) is 22.5 Å². The van der Waals surface area contributed by atoms with Gasteiger partial charge < -0.3 is 5.32 Å². The number of hydrogen-bond donors (Lipinski definition) is 1. The Labute approximate surface area is 147 Å². The standard InChI is InChI=1S/C18H16N4O4/c1-10(23)11-4-6-12(7-5-11)19-16(24)14-9-8-13-15(20-14)21(2)18(26)22(3)17(13)25/h4-9H,1-3H3,(H,19,24). The number of ketones is 1. The lowest BCUT2D eigenvalue weighted by Crippen LogP contribution is -2.37. The third kappa shape index (κ3) is 2.92. The zero-order chi connectivity index (χ0) is 19.0. The molecular weight excluding hydrogens is 336 g/mol. The topological polar surface area (TPSA) is 103 Å². The number of carbonyl (C=O) groups excluding carboxylic acids is 2. The molecule has 0 unspecified atom stereocenters. The van der Waals surface area contributed by atoms with Gasteiger partial charge in [-0.05, 0) is 43.3 Å². The lowest BCUT2D eigenvalue weighted by molar-refractivity contribution is 0.101. The highest BCUT2D eigenvalue weighted by Crippen LogP contribution is 2.12. The molecule has 1 N–H and O–H groups in total. The number of Topliss-reactive ketones (excluding diaryl/α,β-unsaturated/α-hetero) is 1. The van der Waals surface area contributed by atoms with Gasteiger partial charge in [0.2, 0.25) is 0 Å². The quantitative estimate of drug-likeness (QED) is 0.711. The van der Waals surface area contributed by atoms with E-state index in [1.165, 1.54) is 37.7 Å². The molecule has 3 aromatic rings. The lowest BCUT2D eigenvalue weighted by atomic mass is 10.1. The maximum Gasteiger partial charge on any atom is 0.332 e. The predicted molar refractivity (Wildman–Crippen MR) is 96.6 cm³/mol. The molecule has 2 heterocycles. The van der Waals surface area contributed by atoms with Gasteiger partial charge in [-0.25, -0.2) is 9.78 Å². The molecule has 0 atom stereocenters. The Balaban J connectivity index is 1.97. The first-order valence-corrected chi connectivity index (χ1v) is 7.78. The molecule has 0 aliphatic rings. The molecule has 0 spiro atoms. The van der Waals surface area contributed by atoms with Gasteiger partial charge in [0.15, 0.2) is 5.78 Å². The average molecular weight is 352 g/mol. The Morgan fingerprint density at radius 2 is 1.62 bits per heavy atom. The summed E-state index contributed by atoms with van der Waals surface area (Å²) in [5.41, 5.74) is 0.251. The van der Waals surface area contributed by atoms with Gasteiger partial charge in [0, 0.05) is 25.3 Å². The summed E-state index contributed by atoms with van der Waals surface area (Å²) in [7, 11) is 2.87. The number of fused-ring (bicyclic) bond motifs is 1. The molecule has 0 saturated heterocycles. The summed E-state index contributed by atoms with van der Waals surface area (Å²) in [4.78, 5) is 52.0. The molecule has 0 aliphatic heterocycles. The number of hydrogen-bond acceptors (Lipinski definition) is 5. The Morgan fingerprint density at radius 1 is 0.962 bits per heavy atom. The van der Waals surface area contributed by atoms with Gasteiger partial charge in [0.25, 0.3) is 11.5 Å². The minimum atomic E-state index is -0.521. The van der Waals surface area contributed by atoms with Crippen LogP contribution in [0, 0.1) is 0 Å². The van der Waals surface area contributed by atoms with Gasteiger partial charge in [-0.15, -0.1) is 0 Å². The number of benzene rings is 1. The fourth-order valence-electron chi connectivity index (χ4n) is 2.56. The van der Waals surface area contributed by atoms with Crippen LogP contribution in [0.15, 0.2) is 46.0 Å². The van der Waals surface area contributed by atoms with Gasteiger partial charge in [0.1, 0.15) is 11.3 Å². The summed E-state index contributed by atoms with van der Waals surface area (Å²) in [6, 6.07) is 9.34. The Hall–Kier alpha value is -3.55. The van der Waals surface area contributed by atoms with E-state index in [2.05, 4.69) is 10.3 Å². The van der Waals surface area contributed by atoms with Crippen LogP contribution in [0.4, 0.5) is 5.69 Å². The van der Waals surface area contributed by atoms with Crippen LogP contribution in [0.3, 0.4) is 0 Å². The number of aryl methyl sites for hydroxylation is 1. The van der Waals surface area contributed by atoms with Crippen molar-refractivity contribution in [3.05, 3.63) is 68.5 Å². The highest BCUT2D eigenvalue weighted by atomic mass is 16.2. The number of amides is 1. The summed E-state index contributed by atoms with van der Waals surface area (Å²) in [5.74, 6) is -0.558. The Bertz CT molecular complexity index is 1160. The molecule has 0 fully saturated rings. The van der Waals surface area contributed by atoms with E-state index in [1.54, 1.807) is 24.3 Å². The van der Waals surface area contributed by atoms with E-state index in [4.69, 9.17) is 0 Å². The number of rotatable bonds is 3. The van der Waals surface area contributed by atoms with Crippen LogP contribution >= 0.6 is 0 Å². The van der Waals surface area contributed by atoms with Crippen molar-refractivity contribution in [2.75, 3.05) is 5.32 Å². The number of carbonyl (C=O) groups is 2. The van der Waals surface area contributed by atoms with Crippen molar-refractivity contribution in [1.29, 1.82) is 0 Å². The first-order valence-electron chi connectivity index (χ1n) is 7.78. The van der Waals surface area contributed by atoms with Crippen molar-refractivity contribution in [3.8, 4) is 0 Å². The van der Waals surface area contributed by atoms with Crippen molar-refractivity contribution >= 4 is 28.4 Å². The van der Waals surface area contributed by atoms with Crippen LogP contribution in [0.25, 0.3) is 11.0 Å². The van der Waals surface area contributed by atoms with Crippen molar-refractivity contribution in [2.45, 2.75) is 6.92 Å².